The molecule has 28 nitrogen and oxygen atoms in total. The highest BCUT2D eigenvalue weighted by atomic mass is 35.5. The van der Waals surface area contributed by atoms with E-state index in [9.17, 15) is 54.6 Å². The Kier molecular flexibility index (Phi) is 18.2. The number of carbonyl (C=O) groups excluding carboxylic acids is 9. The highest BCUT2D eigenvalue weighted by Crippen LogP contribution is 2.49. The average molecular weight is 1410 g/mol. The van der Waals surface area contributed by atoms with Gasteiger partial charge < -0.3 is 92.0 Å². The number of unbranched alkanes of at least 4 members (excludes halogenated alkanes) is 1. The number of halogens is 2. The second-order valence-electron chi connectivity index (χ2n) is 24.1. The molecular weight excluding hydrogens is 1360 g/mol. The molecular formula is C71H58Cl2N8O20. The molecule has 7 aliphatic heterocycles. The zero-order valence-corrected chi connectivity index (χ0v) is 54.1. The molecule has 15 rings (SSSR count). The van der Waals surface area contributed by atoms with E-state index in [1.54, 1.807) is 24.3 Å². The van der Waals surface area contributed by atoms with Gasteiger partial charge in [-0.2, -0.15) is 0 Å². The van der Waals surface area contributed by atoms with E-state index in [-0.39, 0.29) is 133 Å². The van der Waals surface area contributed by atoms with Crippen molar-refractivity contribution in [2.24, 2.45) is 5.73 Å². The third-order valence-corrected chi connectivity index (χ3v) is 18.1. The molecule has 7 aliphatic rings. The highest BCUT2D eigenvalue weighted by molar-refractivity contribution is 6.32. The van der Waals surface area contributed by atoms with Crippen LogP contribution in [0.5, 0.6) is 69.0 Å². The van der Waals surface area contributed by atoms with Gasteiger partial charge in [0.25, 0.3) is 11.8 Å². The Hall–Kier alpha value is -12.1. The minimum Gasteiger partial charge on any atom is -0.508 e. The second-order valence-corrected chi connectivity index (χ2v) is 24.9. The van der Waals surface area contributed by atoms with E-state index < -0.39 is 136 Å². The number of aliphatic hydroxyl groups excluding tert-OH is 1. The van der Waals surface area contributed by atoms with Gasteiger partial charge in [-0.25, -0.2) is 4.79 Å². The van der Waals surface area contributed by atoms with Crippen molar-refractivity contribution >= 4 is 76.4 Å². The molecule has 0 radical (unpaired) electrons. The predicted octanol–water partition coefficient (Wildman–Crippen LogP) is 6.82. The Morgan fingerprint density at radius 2 is 1.13 bits per heavy atom. The molecule has 0 fully saturated rings. The van der Waals surface area contributed by atoms with Crippen molar-refractivity contribution in [2.75, 3.05) is 20.3 Å². The number of phenolic OH excluding ortho intramolecular Hbond substituents is 5. The summed E-state index contributed by atoms with van der Waals surface area (Å²) in [6, 6.07) is 15.6. The number of fused-ring (bicyclic) bond motifs is 15. The van der Waals surface area contributed by atoms with Gasteiger partial charge >= 0.3 is 5.97 Å². The Morgan fingerprint density at radius 1 is 0.535 bits per heavy atom. The third-order valence-electron chi connectivity index (χ3n) is 17.5. The fraction of sp³-hybridized carbons (Fsp3) is 0.197. The maximum atomic E-state index is 16.2. The minimum atomic E-state index is -2.19. The van der Waals surface area contributed by atoms with E-state index >= 15 is 19.2 Å². The van der Waals surface area contributed by atoms with Gasteiger partial charge in [0.2, 0.25) is 41.2 Å². The van der Waals surface area contributed by atoms with E-state index in [4.69, 9.17) is 52.6 Å². The first-order chi connectivity index (χ1) is 48.4. The zero-order chi connectivity index (χ0) is 71.4. The number of amides is 8. The molecule has 0 spiro atoms. The van der Waals surface area contributed by atoms with Crippen LogP contribution in [-0.4, -0.2) is 121 Å². The van der Waals surface area contributed by atoms with Crippen molar-refractivity contribution in [3.63, 3.8) is 0 Å². The van der Waals surface area contributed by atoms with Crippen LogP contribution in [-0.2, 0) is 44.7 Å². The van der Waals surface area contributed by atoms with Gasteiger partial charge in [-0.05, 0) is 137 Å². The van der Waals surface area contributed by atoms with Crippen LogP contribution < -0.4 is 56.6 Å². The van der Waals surface area contributed by atoms with Gasteiger partial charge in [0.15, 0.2) is 29.0 Å². The van der Waals surface area contributed by atoms with Gasteiger partial charge in [-0.1, -0.05) is 59.6 Å². The van der Waals surface area contributed by atoms with Gasteiger partial charge in [0.1, 0.15) is 82.6 Å². The van der Waals surface area contributed by atoms with Crippen molar-refractivity contribution in [1.29, 1.82) is 0 Å². The molecule has 101 heavy (non-hydrogen) atoms. The summed E-state index contributed by atoms with van der Waals surface area (Å²) >= 11 is 14.2. The maximum Gasteiger partial charge on any atom is 0.333 e. The summed E-state index contributed by atoms with van der Waals surface area (Å²) in [7, 11) is 0.965. The topological polar surface area (TPSA) is 423 Å². The fourth-order valence-corrected chi connectivity index (χ4v) is 12.9. The lowest BCUT2D eigenvalue weighted by Crippen LogP contribution is -2.55. The summed E-state index contributed by atoms with van der Waals surface area (Å²) in [4.78, 5) is 134. The number of carbonyl (C=O) groups is 9. The Bertz CT molecular complexity index is 4810. The predicted molar refractivity (Wildman–Crippen MR) is 354 cm³/mol. The smallest absolute Gasteiger partial charge is 0.333 e. The normalized spacial score (nSPS) is 20.9. The molecule has 7 heterocycles. The molecule has 0 aromatic heterocycles. The minimum absolute atomic E-state index is 0.0282. The van der Waals surface area contributed by atoms with Crippen molar-refractivity contribution < 1.29 is 97.5 Å². The number of aromatic hydroxyl groups is 5. The molecule has 30 heteroatoms. The second kappa shape index (κ2) is 27.3. The van der Waals surface area contributed by atoms with Crippen LogP contribution >= 0.6 is 23.2 Å². The van der Waals surface area contributed by atoms with Gasteiger partial charge in [0, 0.05) is 41.8 Å². The van der Waals surface area contributed by atoms with Crippen LogP contribution in [0, 0.1) is 0 Å². The molecule has 8 amide bonds. The number of esters is 1. The summed E-state index contributed by atoms with van der Waals surface area (Å²) in [5.74, 6) is -14.1. The molecule has 8 atom stereocenters. The van der Waals surface area contributed by atoms with Crippen LogP contribution in [0.3, 0.4) is 0 Å². The number of nitrogens with zero attached hydrogens (tertiary/aromatic N) is 1. The zero-order valence-electron chi connectivity index (χ0n) is 52.6. The molecule has 516 valence electrons. The summed E-state index contributed by atoms with van der Waals surface area (Å²) in [6.07, 6.45) is -2.15. The van der Waals surface area contributed by atoms with Crippen molar-refractivity contribution in [2.45, 2.75) is 67.7 Å². The van der Waals surface area contributed by atoms with Crippen LogP contribution in [0.2, 0.25) is 10.0 Å². The summed E-state index contributed by atoms with van der Waals surface area (Å²) in [5, 5.41) is 84.2. The Balaban J connectivity index is 1.01. The van der Waals surface area contributed by atoms with E-state index in [1.165, 1.54) is 72.8 Å². The van der Waals surface area contributed by atoms with Gasteiger partial charge in [-0.15, -0.1) is 0 Å². The highest BCUT2D eigenvalue weighted by Gasteiger charge is 2.42. The van der Waals surface area contributed by atoms with Crippen molar-refractivity contribution in [1.82, 2.24) is 36.8 Å². The lowest BCUT2D eigenvalue weighted by Gasteiger charge is -2.31. The molecule has 0 saturated heterocycles. The number of nitrogens with one attached hydrogen (secondary N) is 6. The Morgan fingerprint density at radius 3 is 1.80 bits per heavy atom. The standard InChI is InChI=1S/C71H58Cl2N8O20/c1-97-71(96)59-42-28-37(83)29-48(86)54(42)41-22-32(10-12-46(41)84)56-65(90)80-60(68(93)79-59)61(87)33-11-15-50(44(73)23-33)101-53-26-35-25-52(62(53)98-17-5-4-16-81-69(94)39-6-2-3-7-40(39)70(81)95)100-49-14-8-30(18-43(49)72)19-45-63(88)76-57(66(91)78-58(35)67(92)77-56)34-20-36(82)27-38(21-34)99-51-24-31(9-13-47(51)85)55(74)64(89)75-45/h2-3,6-15,18,20-29,45,55-61,82-87H,4-5,16-17,19,74H2,1H3,(H,75,89)(H,76,88)(H,77,92)(H,78,91)(H,79,93)(H,80,90)/t45-,55-,56-,57+,58-,59-,60+,61-/m1/s1. The number of rotatable bonds is 7. The number of aliphatic hydroxyl groups is 1. The van der Waals surface area contributed by atoms with Gasteiger partial charge in [-0.3, -0.25) is 43.3 Å². The SMILES string of the molecule is COC(=O)[C@@H]1NC(=O)[C@H]2NC(=O)[C@H](NC(=O)[C@@H]3NC(=O)[C@H]4NC(=O)[C@@H](Cc5ccc(c(Cl)c5)Oc5cc3cc(c5OCCCCN3C(=O)c5ccccc5C3=O)Oc3ccc(cc3Cl)[C@H]2O)NC(=O)[C@H](N)c2ccc(O)c(c2)Oc2cc(O)cc4c2)c2ccc(O)c(c2)-c2c(O)cc(O)cc21. The number of nitrogens with two attached hydrogens (primary N) is 1. The average Bonchev–Trinajstić information content (AvgIpc) is 1.75. The van der Waals surface area contributed by atoms with Crippen molar-refractivity contribution in [3.8, 4) is 80.1 Å². The number of imide groups is 1. The number of methoxy groups -OCH3 is 1. The number of ether oxygens (including phenoxy) is 5. The summed E-state index contributed by atoms with van der Waals surface area (Å²) in [5.41, 5.74) is 5.32. The molecule has 0 unspecified atom stereocenters. The lowest BCUT2D eigenvalue weighted by molar-refractivity contribution is -0.146. The first-order valence-electron chi connectivity index (χ1n) is 31.2. The van der Waals surface area contributed by atoms with E-state index in [2.05, 4.69) is 31.9 Å². The van der Waals surface area contributed by atoms with Crippen LogP contribution in [0.15, 0.2) is 140 Å². The maximum absolute atomic E-state index is 16.2. The summed E-state index contributed by atoms with van der Waals surface area (Å²) in [6.45, 7) is -0.242. The van der Waals surface area contributed by atoms with E-state index in [0.717, 1.165) is 54.5 Å². The van der Waals surface area contributed by atoms with Crippen LogP contribution in [0.25, 0.3) is 11.1 Å². The number of hydrogen-bond acceptors (Lipinski definition) is 21. The lowest BCUT2D eigenvalue weighted by atomic mass is 9.89. The third kappa shape index (κ3) is 13.3. The number of hydrogen-bond donors (Lipinski definition) is 13. The molecule has 0 saturated carbocycles. The monoisotopic (exact) mass is 1410 g/mol. The first kappa shape index (κ1) is 67.5. The number of benzene rings is 8. The fourth-order valence-electron chi connectivity index (χ4n) is 12.5. The van der Waals surface area contributed by atoms with E-state index in [1.807, 2.05) is 0 Å². The molecule has 0 aliphatic carbocycles. The summed E-state index contributed by atoms with van der Waals surface area (Å²) < 4.78 is 31.0. The largest absolute Gasteiger partial charge is 0.508 e. The molecule has 8 aromatic rings. The van der Waals surface area contributed by atoms with Crippen molar-refractivity contribution in [3.05, 3.63) is 200 Å². The molecule has 14 N–H and O–H groups in total. The molecule has 17 bridgehead atoms. The van der Waals surface area contributed by atoms with Gasteiger partial charge in [0.05, 0.1) is 34.9 Å². The quantitative estimate of drug-likeness (QED) is 0.0442. The number of phenols is 5. The van der Waals surface area contributed by atoms with E-state index in [0.29, 0.717) is 5.56 Å². The van der Waals surface area contributed by atoms with Crippen LogP contribution in [0.1, 0.15) is 109 Å². The molecule has 8 aromatic carbocycles. The Labute approximate surface area is 581 Å². The first-order valence-corrected chi connectivity index (χ1v) is 31.9. The van der Waals surface area contributed by atoms with Crippen LogP contribution in [0.4, 0.5) is 0 Å².